The largest absolute Gasteiger partial charge is 0.478 e. The van der Waals surface area contributed by atoms with E-state index in [9.17, 15) is 14.7 Å². The van der Waals surface area contributed by atoms with Gasteiger partial charge in [-0.2, -0.15) is 0 Å². The molecule has 0 unspecified atom stereocenters. The van der Waals surface area contributed by atoms with Crippen molar-refractivity contribution in [3.05, 3.63) is 65.4 Å². The second-order valence-corrected chi connectivity index (χ2v) is 5.80. The number of carboxylic acids is 1. The fourth-order valence-electron chi connectivity index (χ4n) is 2.68. The van der Waals surface area contributed by atoms with Crippen LogP contribution in [0.1, 0.15) is 33.2 Å². The van der Waals surface area contributed by atoms with E-state index < -0.39 is 11.9 Å². The summed E-state index contributed by atoms with van der Waals surface area (Å²) in [6.07, 6.45) is 1.47. The molecular weight excluding hydrogens is 332 g/mol. The summed E-state index contributed by atoms with van der Waals surface area (Å²) in [4.78, 5) is 27.9. The fourth-order valence-corrected chi connectivity index (χ4v) is 2.68. The van der Waals surface area contributed by atoms with E-state index in [1.165, 1.54) is 18.3 Å². The first-order chi connectivity index (χ1) is 12.5. The molecule has 3 rings (SSSR count). The van der Waals surface area contributed by atoms with Gasteiger partial charge in [0.25, 0.3) is 0 Å². The van der Waals surface area contributed by atoms with Gasteiger partial charge in [0.2, 0.25) is 0 Å². The molecule has 0 aliphatic carbocycles. The molecule has 6 nitrogen and oxygen atoms in total. The van der Waals surface area contributed by atoms with Crippen molar-refractivity contribution in [2.24, 2.45) is 0 Å². The number of aryl methyl sites for hydroxylation is 1. The predicted octanol–water partition coefficient (Wildman–Crippen LogP) is 4.16. The van der Waals surface area contributed by atoms with Crippen molar-refractivity contribution in [2.75, 3.05) is 11.9 Å². The van der Waals surface area contributed by atoms with Crippen molar-refractivity contribution in [3.8, 4) is 0 Å². The van der Waals surface area contributed by atoms with Crippen LogP contribution in [-0.2, 0) is 4.74 Å². The average Bonchev–Trinajstić information content (AvgIpc) is 2.62. The topological polar surface area (TPSA) is 88.5 Å². The number of anilines is 2. The predicted molar refractivity (Wildman–Crippen MR) is 99.1 cm³/mol. The number of aromatic carboxylic acids is 1. The van der Waals surface area contributed by atoms with E-state index in [0.29, 0.717) is 16.9 Å². The number of carbonyl (C=O) groups is 2. The number of carbonyl (C=O) groups excluding carboxylic acids is 1. The number of nitrogens with zero attached hydrogens (tertiary/aromatic N) is 1. The Morgan fingerprint density at radius 1 is 1.19 bits per heavy atom. The molecule has 0 fully saturated rings. The zero-order valence-electron chi connectivity index (χ0n) is 14.4. The van der Waals surface area contributed by atoms with Crippen LogP contribution < -0.4 is 5.32 Å². The van der Waals surface area contributed by atoms with Gasteiger partial charge in [0.05, 0.1) is 23.4 Å². The second kappa shape index (κ2) is 7.23. The highest BCUT2D eigenvalue weighted by molar-refractivity contribution is 6.06. The van der Waals surface area contributed by atoms with E-state index in [1.807, 2.05) is 25.1 Å². The minimum Gasteiger partial charge on any atom is -0.478 e. The van der Waals surface area contributed by atoms with Crippen LogP contribution in [0.3, 0.4) is 0 Å². The molecule has 1 aromatic heterocycles. The molecule has 26 heavy (non-hydrogen) atoms. The third kappa shape index (κ3) is 3.49. The monoisotopic (exact) mass is 350 g/mol. The molecule has 0 saturated heterocycles. The molecule has 0 radical (unpaired) electrons. The van der Waals surface area contributed by atoms with Crippen molar-refractivity contribution < 1.29 is 19.4 Å². The zero-order valence-corrected chi connectivity index (χ0v) is 14.4. The lowest BCUT2D eigenvalue weighted by molar-refractivity contribution is 0.0526. The molecule has 6 heteroatoms. The first-order valence-electron chi connectivity index (χ1n) is 8.16. The number of carboxylic acid groups (broad SMARTS) is 1. The molecule has 0 bridgehead atoms. The summed E-state index contributed by atoms with van der Waals surface area (Å²) in [7, 11) is 0. The van der Waals surface area contributed by atoms with Crippen molar-refractivity contribution in [2.45, 2.75) is 13.8 Å². The molecular formula is C20H18N2O4. The maximum atomic E-state index is 12.4. The lowest BCUT2D eigenvalue weighted by atomic mass is 10.1. The highest BCUT2D eigenvalue weighted by atomic mass is 16.5. The minimum absolute atomic E-state index is 0.155. The SMILES string of the molecule is CCOC(=O)c1cnc2ccc(C)cc2c1Nc1cccc(C(=O)O)c1. The van der Waals surface area contributed by atoms with Gasteiger partial charge in [-0.1, -0.05) is 17.7 Å². The lowest BCUT2D eigenvalue weighted by Gasteiger charge is -2.15. The van der Waals surface area contributed by atoms with E-state index in [2.05, 4.69) is 10.3 Å². The Bertz CT molecular complexity index is 998. The molecule has 0 atom stereocenters. The van der Waals surface area contributed by atoms with Crippen molar-refractivity contribution in [1.82, 2.24) is 4.98 Å². The molecule has 0 spiro atoms. The molecule has 0 aliphatic rings. The van der Waals surface area contributed by atoms with Crippen molar-refractivity contribution in [3.63, 3.8) is 0 Å². The summed E-state index contributed by atoms with van der Waals surface area (Å²) >= 11 is 0. The molecule has 1 heterocycles. The van der Waals surface area contributed by atoms with Crippen LogP contribution in [0.4, 0.5) is 11.4 Å². The van der Waals surface area contributed by atoms with Crippen LogP contribution in [0.25, 0.3) is 10.9 Å². The Hall–Kier alpha value is -3.41. The summed E-state index contributed by atoms with van der Waals surface area (Å²) < 4.78 is 5.13. The number of aromatic nitrogens is 1. The Balaban J connectivity index is 2.16. The first-order valence-corrected chi connectivity index (χ1v) is 8.16. The molecule has 132 valence electrons. The van der Waals surface area contributed by atoms with Crippen LogP contribution in [0.5, 0.6) is 0 Å². The fraction of sp³-hybridized carbons (Fsp3) is 0.150. The van der Waals surface area contributed by atoms with Crippen LogP contribution >= 0.6 is 0 Å². The van der Waals surface area contributed by atoms with E-state index in [4.69, 9.17) is 4.74 Å². The molecule has 0 amide bonds. The average molecular weight is 350 g/mol. The number of fused-ring (bicyclic) bond motifs is 1. The normalized spacial score (nSPS) is 10.5. The first kappa shape index (κ1) is 17.4. The number of rotatable bonds is 5. The number of ether oxygens (including phenoxy) is 1. The smallest absolute Gasteiger partial charge is 0.341 e. The Labute approximate surface area is 150 Å². The van der Waals surface area contributed by atoms with Crippen LogP contribution in [0.2, 0.25) is 0 Å². The minimum atomic E-state index is -1.02. The quantitative estimate of drug-likeness (QED) is 0.672. The Kier molecular flexibility index (Phi) is 4.84. The summed E-state index contributed by atoms with van der Waals surface area (Å²) in [6.45, 7) is 3.93. The van der Waals surface area contributed by atoms with Gasteiger partial charge in [-0.25, -0.2) is 9.59 Å². The van der Waals surface area contributed by atoms with E-state index in [0.717, 1.165) is 16.5 Å². The van der Waals surface area contributed by atoms with Gasteiger partial charge in [-0.05, 0) is 44.2 Å². The third-order valence-corrected chi connectivity index (χ3v) is 3.90. The lowest BCUT2D eigenvalue weighted by Crippen LogP contribution is -2.09. The second-order valence-electron chi connectivity index (χ2n) is 5.80. The van der Waals surface area contributed by atoms with E-state index in [1.54, 1.807) is 19.1 Å². The van der Waals surface area contributed by atoms with Gasteiger partial charge in [-0.3, -0.25) is 4.98 Å². The van der Waals surface area contributed by atoms with Crippen molar-refractivity contribution >= 4 is 34.2 Å². The number of hydrogen-bond acceptors (Lipinski definition) is 5. The Morgan fingerprint density at radius 2 is 2.00 bits per heavy atom. The van der Waals surface area contributed by atoms with Gasteiger partial charge in [0, 0.05) is 17.3 Å². The summed E-state index contributed by atoms with van der Waals surface area (Å²) in [5.74, 6) is -1.50. The molecule has 2 N–H and O–H groups in total. The highest BCUT2D eigenvalue weighted by Gasteiger charge is 2.17. The van der Waals surface area contributed by atoms with Gasteiger partial charge in [0.15, 0.2) is 0 Å². The summed E-state index contributed by atoms with van der Waals surface area (Å²) in [6, 6.07) is 12.1. The number of esters is 1. The number of pyridine rings is 1. The molecule has 2 aromatic carbocycles. The Morgan fingerprint density at radius 3 is 2.73 bits per heavy atom. The van der Waals surface area contributed by atoms with Crippen molar-refractivity contribution in [1.29, 1.82) is 0 Å². The molecule has 3 aromatic rings. The number of nitrogens with one attached hydrogen (secondary N) is 1. The van der Waals surface area contributed by atoms with E-state index >= 15 is 0 Å². The number of benzene rings is 2. The van der Waals surface area contributed by atoms with Gasteiger partial charge >= 0.3 is 11.9 Å². The maximum Gasteiger partial charge on any atom is 0.341 e. The van der Waals surface area contributed by atoms with Gasteiger partial charge in [-0.15, -0.1) is 0 Å². The van der Waals surface area contributed by atoms with Crippen LogP contribution in [-0.4, -0.2) is 28.6 Å². The number of hydrogen-bond donors (Lipinski definition) is 2. The summed E-state index contributed by atoms with van der Waals surface area (Å²) in [5, 5.41) is 13.1. The summed E-state index contributed by atoms with van der Waals surface area (Å²) in [5.41, 5.74) is 3.29. The zero-order chi connectivity index (χ0) is 18.7. The molecule has 0 saturated carbocycles. The van der Waals surface area contributed by atoms with Crippen LogP contribution in [0, 0.1) is 6.92 Å². The van der Waals surface area contributed by atoms with Gasteiger partial charge in [0.1, 0.15) is 5.56 Å². The van der Waals surface area contributed by atoms with Gasteiger partial charge < -0.3 is 15.2 Å². The van der Waals surface area contributed by atoms with E-state index in [-0.39, 0.29) is 12.2 Å². The van der Waals surface area contributed by atoms with Crippen LogP contribution in [0.15, 0.2) is 48.7 Å². The standard InChI is InChI=1S/C20H18N2O4/c1-3-26-20(25)16-11-21-17-8-7-12(2)9-15(17)18(16)22-14-6-4-5-13(10-14)19(23)24/h4-11H,3H2,1-2H3,(H,21,22)(H,23,24). The maximum absolute atomic E-state index is 12.4. The molecule has 0 aliphatic heterocycles. The third-order valence-electron chi connectivity index (χ3n) is 3.90. The highest BCUT2D eigenvalue weighted by Crippen LogP contribution is 2.30.